The minimum absolute atomic E-state index is 0. The first-order valence-corrected chi connectivity index (χ1v) is 21.5. The van der Waals surface area contributed by atoms with E-state index in [9.17, 15) is 0 Å². The summed E-state index contributed by atoms with van der Waals surface area (Å²) in [6, 6.07) is 69.7. The maximum atomic E-state index is 8.38. The van der Waals surface area contributed by atoms with E-state index >= 15 is 0 Å². The van der Waals surface area contributed by atoms with Crippen LogP contribution in [0, 0.1) is 12.1 Å². The van der Waals surface area contributed by atoms with E-state index in [0.29, 0.717) is 11.6 Å². The fourth-order valence-corrected chi connectivity index (χ4v) is 13.4. The summed E-state index contributed by atoms with van der Waals surface area (Å²) in [5.74, 6) is 1.20. The number of anilines is 3. The molecule has 10 rings (SSSR count). The number of pyridine rings is 1. The number of rotatable bonds is 8. The van der Waals surface area contributed by atoms with Crippen LogP contribution in [0.1, 0.15) is 29.4 Å². The van der Waals surface area contributed by atoms with Crippen molar-refractivity contribution in [3.63, 3.8) is 0 Å². The van der Waals surface area contributed by atoms with Gasteiger partial charge in [-0.3, -0.25) is 0 Å². The van der Waals surface area contributed by atoms with Crippen LogP contribution >= 0.6 is 0 Å². The summed E-state index contributed by atoms with van der Waals surface area (Å²) >= 11 is 0. The molecule has 284 valence electrons. The van der Waals surface area contributed by atoms with Crippen LogP contribution < -0.4 is 30.5 Å². The van der Waals surface area contributed by atoms with Gasteiger partial charge in [0.15, 0.2) is 0 Å². The van der Waals surface area contributed by atoms with Crippen LogP contribution in [0.25, 0.3) is 38.8 Å². The predicted molar refractivity (Wildman–Crippen MR) is 241 cm³/mol. The number of benzene rings is 7. The van der Waals surface area contributed by atoms with E-state index in [4.69, 9.17) is 9.10 Å². The molecule has 0 bridgehead atoms. The fraction of sp³-hybridized carbons (Fsp3) is 0.0962. The van der Waals surface area contributed by atoms with Gasteiger partial charge in [0.25, 0.3) is 0 Å². The standard InChI is InChI=1S/C52H42N4Si.Pt/c1-37(2)44-23-10-11-24-45(44)38-31-32-53-52(33-38)56-48-26-13-12-25-46(48)47-30-29-43(35-51(47)56)57(40-18-6-4-7-19-40,41-20-8-5-9-21-41)42-22-16-17-39(34-42)55-36-54(3)49-27-14-15-28-50(49)55;/h4-33,37H,36H2,1-3H3;/q-2;+2/i3D3;. The van der Waals surface area contributed by atoms with Gasteiger partial charge in [-0.1, -0.05) is 140 Å². The monoisotopic (exact) mass is 948 g/mol. The zero-order valence-corrected chi connectivity index (χ0v) is 35.5. The normalized spacial score (nSPS) is 13.6. The van der Waals surface area contributed by atoms with Crippen molar-refractivity contribution < 1.29 is 25.2 Å². The summed E-state index contributed by atoms with van der Waals surface area (Å²) in [4.78, 5) is 8.61. The molecule has 0 unspecified atom stereocenters. The second-order valence-electron chi connectivity index (χ2n) is 15.0. The number of hydrogen-bond donors (Lipinski definition) is 0. The Bertz CT molecular complexity index is 2980. The van der Waals surface area contributed by atoms with Crippen molar-refractivity contribution in [2.75, 3.05) is 23.4 Å². The smallest absolute Gasteiger partial charge is 0.355 e. The van der Waals surface area contributed by atoms with Gasteiger partial charge in [-0.05, 0) is 68.7 Å². The average molecular weight is 949 g/mol. The molecule has 0 spiro atoms. The van der Waals surface area contributed by atoms with E-state index < -0.39 is 15.0 Å². The Morgan fingerprint density at radius 1 is 0.638 bits per heavy atom. The van der Waals surface area contributed by atoms with Crippen LogP contribution in [0.4, 0.5) is 17.1 Å². The second kappa shape index (κ2) is 15.4. The molecule has 0 aliphatic carbocycles. The van der Waals surface area contributed by atoms with Gasteiger partial charge in [0, 0.05) is 22.8 Å². The molecule has 58 heavy (non-hydrogen) atoms. The topological polar surface area (TPSA) is 24.3 Å². The number of para-hydroxylation sites is 3. The Morgan fingerprint density at radius 2 is 1.31 bits per heavy atom. The van der Waals surface area contributed by atoms with E-state index in [1.54, 1.807) is 0 Å². The molecule has 3 heterocycles. The molecule has 1 aliphatic heterocycles. The molecule has 0 atom stereocenters. The quantitative estimate of drug-likeness (QED) is 0.0863. The summed E-state index contributed by atoms with van der Waals surface area (Å²) in [6.07, 6.45) is 1.92. The molecule has 1 aliphatic rings. The minimum Gasteiger partial charge on any atom is -0.355 e. The average Bonchev–Trinajstić information content (AvgIpc) is 3.85. The van der Waals surface area contributed by atoms with Gasteiger partial charge in [-0.25, -0.2) is 4.98 Å². The molecule has 0 fully saturated rings. The predicted octanol–water partition coefficient (Wildman–Crippen LogP) is 9.49. The molecular weight excluding hydrogens is 904 g/mol. The zero-order valence-electron chi connectivity index (χ0n) is 35.2. The first kappa shape index (κ1) is 34.1. The summed E-state index contributed by atoms with van der Waals surface area (Å²) in [7, 11) is -3.20. The molecule has 9 aromatic rings. The molecule has 6 heteroatoms. The maximum Gasteiger partial charge on any atom is 2.00 e. The third kappa shape index (κ3) is 6.12. The van der Waals surface area contributed by atoms with E-state index in [-0.39, 0.29) is 27.7 Å². The zero-order chi connectivity index (χ0) is 41.0. The van der Waals surface area contributed by atoms with Crippen molar-refractivity contribution in [3.05, 3.63) is 200 Å². The number of nitrogens with zero attached hydrogens (tertiary/aromatic N) is 4. The van der Waals surface area contributed by atoms with Gasteiger partial charge < -0.3 is 14.4 Å². The Balaban J connectivity index is 0.00000476. The first-order chi connectivity index (χ1) is 29.2. The minimum atomic E-state index is -3.20. The molecule has 2 aromatic heterocycles. The Morgan fingerprint density at radius 3 is 2.07 bits per heavy atom. The largest absolute Gasteiger partial charge is 2.00 e. The molecule has 4 nitrogen and oxygen atoms in total. The first-order valence-electron chi connectivity index (χ1n) is 21.0. The molecular formula is C52H42N4PtSi. The van der Waals surface area contributed by atoms with Crippen molar-refractivity contribution in [2.24, 2.45) is 0 Å². The van der Waals surface area contributed by atoms with E-state index in [1.807, 2.05) is 36.5 Å². The third-order valence-electron chi connectivity index (χ3n) is 11.5. The van der Waals surface area contributed by atoms with Crippen LogP contribution in [0.3, 0.4) is 0 Å². The van der Waals surface area contributed by atoms with Crippen LogP contribution in [0.2, 0.25) is 0 Å². The van der Waals surface area contributed by atoms with E-state index in [2.05, 4.69) is 181 Å². The van der Waals surface area contributed by atoms with Gasteiger partial charge in [-0.2, -0.15) is 46.8 Å². The van der Waals surface area contributed by atoms with E-state index in [1.165, 1.54) is 26.4 Å². The van der Waals surface area contributed by atoms with Crippen LogP contribution in [-0.4, -0.2) is 31.3 Å². The van der Waals surface area contributed by atoms with Crippen LogP contribution in [0.5, 0.6) is 0 Å². The fourth-order valence-electron chi connectivity index (χ4n) is 8.88. The van der Waals surface area contributed by atoms with Gasteiger partial charge in [-0.15, -0.1) is 11.5 Å². The Labute approximate surface area is 360 Å². The van der Waals surface area contributed by atoms with Gasteiger partial charge >= 0.3 is 21.1 Å². The summed E-state index contributed by atoms with van der Waals surface area (Å²) < 4.78 is 27.4. The van der Waals surface area contributed by atoms with Crippen molar-refractivity contribution in [3.8, 4) is 16.9 Å². The van der Waals surface area contributed by atoms with Gasteiger partial charge in [0.05, 0.1) is 18.0 Å². The Hall–Kier alpha value is -6.00. The number of aromatic nitrogens is 2. The molecule has 0 radical (unpaired) electrons. The van der Waals surface area contributed by atoms with Crippen LogP contribution in [0.15, 0.2) is 182 Å². The Kier molecular flexibility index (Phi) is 9.04. The number of fused-ring (bicyclic) bond motifs is 4. The third-order valence-corrected chi connectivity index (χ3v) is 16.1. The summed E-state index contributed by atoms with van der Waals surface area (Å²) in [5, 5.41) is 6.75. The summed E-state index contributed by atoms with van der Waals surface area (Å²) in [5.41, 5.74) is 7.99. The molecule has 7 aromatic carbocycles. The SMILES string of the molecule is [2H]C([2H])([2H])N1CN(c2[c-]c([Si](c3[c-]c4c(cc3)c3ccccc3n4-c3cc(-c4ccccc4C(C)C)ccn3)(c3ccccc3)c3ccccc3)ccc2)c2ccccc21.[Pt+2]. The second-order valence-corrected chi connectivity index (χ2v) is 18.8. The van der Waals surface area contributed by atoms with Crippen molar-refractivity contribution in [1.82, 2.24) is 9.55 Å². The summed E-state index contributed by atoms with van der Waals surface area (Å²) in [6.45, 7) is 2.36. The van der Waals surface area contributed by atoms with Crippen molar-refractivity contribution in [2.45, 2.75) is 19.8 Å². The van der Waals surface area contributed by atoms with Crippen molar-refractivity contribution >= 4 is 67.7 Å². The van der Waals surface area contributed by atoms with E-state index in [0.717, 1.165) is 54.9 Å². The van der Waals surface area contributed by atoms with Gasteiger partial charge in [0.1, 0.15) is 13.9 Å². The van der Waals surface area contributed by atoms with Crippen molar-refractivity contribution in [1.29, 1.82) is 0 Å². The molecule has 0 saturated heterocycles. The van der Waals surface area contributed by atoms with Gasteiger partial charge in [0.2, 0.25) is 0 Å². The molecule has 0 amide bonds. The molecule has 0 saturated carbocycles. The maximum absolute atomic E-state index is 8.38. The number of hydrogen-bond acceptors (Lipinski definition) is 3. The molecule has 0 N–H and O–H groups in total. The van der Waals surface area contributed by atoms with Crippen LogP contribution in [-0.2, 0) is 21.1 Å².